The zero-order valence-electron chi connectivity index (χ0n) is 10.7. The van der Waals surface area contributed by atoms with Crippen molar-refractivity contribution >= 4 is 35.1 Å². The molecular formula is C13H15ClF2N2OS. The fraction of sp³-hybridized carbons (Fsp3) is 0.462. The Bertz CT molecular complexity index is 481. The molecule has 2 N–H and O–H groups in total. The minimum absolute atomic E-state index is 0.167. The minimum Gasteiger partial charge on any atom is -0.335 e. The summed E-state index contributed by atoms with van der Waals surface area (Å²) < 4.78 is 25.0. The molecule has 0 bridgehead atoms. The Kier molecular flexibility index (Phi) is 5.48. The maximum absolute atomic E-state index is 12.5. The van der Waals surface area contributed by atoms with E-state index in [9.17, 15) is 13.6 Å². The van der Waals surface area contributed by atoms with Crippen molar-refractivity contribution in [3.8, 4) is 0 Å². The average Bonchev–Trinajstić information content (AvgIpc) is 2.86. The van der Waals surface area contributed by atoms with E-state index in [1.807, 2.05) is 0 Å². The summed E-state index contributed by atoms with van der Waals surface area (Å²) in [5, 5.41) is 5.64. The van der Waals surface area contributed by atoms with Gasteiger partial charge < -0.3 is 10.6 Å². The van der Waals surface area contributed by atoms with Gasteiger partial charge in [0, 0.05) is 6.04 Å². The number of carbonyl (C=O) groups is 1. The second-order valence-electron chi connectivity index (χ2n) is 4.57. The molecule has 3 nitrogen and oxygen atoms in total. The third kappa shape index (κ3) is 4.24. The van der Waals surface area contributed by atoms with E-state index in [1.54, 1.807) is 12.1 Å². The molecule has 0 unspecified atom stereocenters. The van der Waals surface area contributed by atoms with E-state index < -0.39 is 5.76 Å². The highest BCUT2D eigenvalue weighted by Crippen LogP contribution is 2.37. The topological polar surface area (TPSA) is 41.1 Å². The van der Waals surface area contributed by atoms with Gasteiger partial charge >= 0.3 is 6.03 Å². The quantitative estimate of drug-likeness (QED) is 0.788. The van der Waals surface area contributed by atoms with Gasteiger partial charge in [0.05, 0.1) is 15.6 Å². The van der Waals surface area contributed by atoms with Crippen LogP contribution in [0.3, 0.4) is 0 Å². The molecule has 7 heteroatoms. The number of nitrogens with one attached hydrogen (secondary N) is 2. The van der Waals surface area contributed by atoms with Crippen LogP contribution in [0.1, 0.15) is 25.7 Å². The van der Waals surface area contributed by atoms with Crippen LogP contribution in [0.4, 0.5) is 19.3 Å². The number of urea groups is 1. The molecule has 1 aromatic carbocycles. The maximum Gasteiger partial charge on any atom is 0.319 e. The fourth-order valence-corrected chi connectivity index (χ4v) is 3.14. The summed E-state index contributed by atoms with van der Waals surface area (Å²) in [7, 11) is 0. The zero-order chi connectivity index (χ0) is 14.5. The van der Waals surface area contributed by atoms with Crippen LogP contribution in [-0.4, -0.2) is 17.8 Å². The lowest BCUT2D eigenvalue weighted by Crippen LogP contribution is -2.36. The number of alkyl halides is 2. The summed E-state index contributed by atoms with van der Waals surface area (Å²) in [5.74, 6) is -2.59. The summed E-state index contributed by atoms with van der Waals surface area (Å²) >= 11 is 6.23. The van der Waals surface area contributed by atoms with Gasteiger partial charge in [-0.05, 0) is 25.0 Å². The molecule has 20 heavy (non-hydrogen) atoms. The number of hydrogen-bond donors (Lipinski definition) is 2. The number of rotatable bonds is 4. The molecule has 0 radical (unpaired) electrons. The predicted molar refractivity (Wildman–Crippen MR) is 77.7 cm³/mol. The van der Waals surface area contributed by atoms with Gasteiger partial charge in [-0.1, -0.05) is 42.3 Å². The van der Waals surface area contributed by atoms with E-state index in [0.29, 0.717) is 17.4 Å². The first-order chi connectivity index (χ1) is 9.56. The maximum atomic E-state index is 12.5. The molecule has 1 aromatic rings. The summed E-state index contributed by atoms with van der Waals surface area (Å²) in [6.07, 6.45) is 4.13. The summed E-state index contributed by atoms with van der Waals surface area (Å²) in [6, 6.07) is 4.48. The Labute approximate surface area is 125 Å². The SMILES string of the molecule is O=C(Nc1cccc(Cl)c1SC(F)F)NC1CCCC1. The Morgan fingerprint density at radius 3 is 2.70 bits per heavy atom. The van der Waals surface area contributed by atoms with Crippen LogP contribution in [0.15, 0.2) is 23.1 Å². The molecular weight excluding hydrogens is 306 g/mol. The van der Waals surface area contributed by atoms with Crippen molar-refractivity contribution in [2.45, 2.75) is 42.4 Å². The van der Waals surface area contributed by atoms with E-state index in [1.165, 1.54) is 6.07 Å². The van der Waals surface area contributed by atoms with Gasteiger partial charge in [-0.15, -0.1) is 0 Å². The van der Waals surface area contributed by atoms with Crippen LogP contribution in [0, 0.1) is 0 Å². The van der Waals surface area contributed by atoms with E-state index in [4.69, 9.17) is 11.6 Å². The van der Waals surface area contributed by atoms with E-state index in [0.717, 1.165) is 25.7 Å². The second-order valence-corrected chi connectivity index (χ2v) is 5.98. The third-order valence-corrected chi connectivity index (χ3v) is 4.39. The van der Waals surface area contributed by atoms with Crippen molar-refractivity contribution in [2.24, 2.45) is 0 Å². The Hall–Kier alpha value is -1.01. The molecule has 1 aliphatic rings. The molecule has 0 atom stereocenters. The lowest BCUT2D eigenvalue weighted by atomic mass is 10.2. The average molecular weight is 321 g/mol. The second kappa shape index (κ2) is 7.13. The van der Waals surface area contributed by atoms with Crippen molar-refractivity contribution in [2.75, 3.05) is 5.32 Å². The number of halogens is 3. The lowest BCUT2D eigenvalue weighted by Gasteiger charge is -2.15. The Balaban J connectivity index is 2.03. The molecule has 0 aromatic heterocycles. The van der Waals surface area contributed by atoms with Crippen molar-refractivity contribution in [1.29, 1.82) is 0 Å². The normalized spacial score (nSPS) is 15.6. The first kappa shape index (κ1) is 15.4. The highest BCUT2D eigenvalue weighted by atomic mass is 35.5. The molecule has 1 fully saturated rings. The molecule has 1 saturated carbocycles. The highest BCUT2D eigenvalue weighted by molar-refractivity contribution is 7.99. The van der Waals surface area contributed by atoms with Crippen molar-refractivity contribution in [3.63, 3.8) is 0 Å². The van der Waals surface area contributed by atoms with E-state index in [-0.39, 0.29) is 22.0 Å². The zero-order valence-corrected chi connectivity index (χ0v) is 12.2. The summed E-state index contributed by atoms with van der Waals surface area (Å²) in [6.45, 7) is 0. The smallest absolute Gasteiger partial charge is 0.319 e. The third-order valence-electron chi connectivity index (χ3n) is 3.11. The number of amides is 2. The van der Waals surface area contributed by atoms with Crippen LogP contribution in [0.25, 0.3) is 0 Å². The Morgan fingerprint density at radius 2 is 2.05 bits per heavy atom. The number of benzene rings is 1. The van der Waals surface area contributed by atoms with Gasteiger partial charge in [0.15, 0.2) is 0 Å². The molecule has 0 spiro atoms. The van der Waals surface area contributed by atoms with Crippen molar-refractivity contribution in [3.05, 3.63) is 23.2 Å². The van der Waals surface area contributed by atoms with Gasteiger partial charge in [0.25, 0.3) is 5.76 Å². The predicted octanol–water partition coefficient (Wildman–Crippen LogP) is 4.72. The van der Waals surface area contributed by atoms with Crippen molar-refractivity contribution in [1.82, 2.24) is 5.32 Å². The van der Waals surface area contributed by atoms with Gasteiger partial charge in [-0.25, -0.2) is 4.79 Å². The number of anilines is 1. The van der Waals surface area contributed by atoms with E-state index in [2.05, 4.69) is 10.6 Å². The van der Waals surface area contributed by atoms with Crippen LogP contribution in [-0.2, 0) is 0 Å². The summed E-state index contributed by atoms with van der Waals surface area (Å²) in [4.78, 5) is 12.0. The largest absolute Gasteiger partial charge is 0.335 e. The standard InChI is InChI=1S/C13H15ClF2N2OS/c14-9-6-3-7-10(11(9)20-12(15)16)18-13(19)17-8-4-1-2-5-8/h3,6-8,12H,1-2,4-5H2,(H2,17,18,19). The molecule has 2 amide bonds. The first-order valence-electron chi connectivity index (χ1n) is 6.37. The van der Waals surface area contributed by atoms with Gasteiger partial charge in [0.2, 0.25) is 0 Å². The number of carbonyl (C=O) groups excluding carboxylic acids is 1. The number of thioether (sulfide) groups is 1. The van der Waals surface area contributed by atoms with E-state index >= 15 is 0 Å². The van der Waals surface area contributed by atoms with Crippen LogP contribution in [0.2, 0.25) is 5.02 Å². The van der Waals surface area contributed by atoms with Gasteiger partial charge in [-0.3, -0.25) is 0 Å². The molecule has 2 rings (SSSR count). The van der Waals surface area contributed by atoms with Crippen LogP contribution < -0.4 is 10.6 Å². The molecule has 0 heterocycles. The monoisotopic (exact) mass is 320 g/mol. The van der Waals surface area contributed by atoms with Gasteiger partial charge in [0.1, 0.15) is 0 Å². The molecule has 0 saturated heterocycles. The minimum atomic E-state index is -2.59. The van der Waals surface area contributed by atoms with Gasteiger partial charge in [-0.2, -0.15) is 8.78 Å². The lowest BCUT2D eigenvalue weighted by molar-refractivity contribution is 0.248. The fourth-order valence-electron chi connectivity index (χ4n) is 2.23. The highest BCUT2D eigenvalue weighted by Gasteiger charge is 2.19. The molecule has 0 aliphatic heterocycles. The Morgan fingerprint density at radius 1 is 1.35 bits per heavy atom. The molecule has 110 valence electrons. The number of hydrogen-bond acceptors (Lipinski definition) is 2. The van der Waals surface area contributed by atoms with Crippen LogP contribution >= 0.6 is 23.4 Å². The first-order valence-corrected chi connectivity index (χ1v) is 7.63. The molecule has 1 aliphatic carbocycles. The van der Waals surface area contributed by atoms with Crippen molar-refractivity contribution < 1.29 is 13.6 Å². The summed E-state index contributed by atoms with van der Waals surface area (Å²) in [5.41, 5.74) is 0.304. The van der Waals surface area contributed by atoms with Crippen LogP contribution in [0.5, 0.6) is 0 Å².